The molecule has 0 radical (unpaired) electrons. The number of carbonyl (C=O) groups excluding carboxylic acids is 1. The molecule has 0 saturated heterocycles. The zero-order valence-corrected chi connectivity index (χ0v) is 16.2. The molecule has 0 bridgehead atoms. The first kappa shape index (κ1) is 19.2. The number of anilines is 2. The van der Waals surface area contributed by atoms with E-state index in [1.54, 1.807) is 26.0 Å². The summed E-state index contributed by atoms with van der Waals surface area (Å²) in [7, 11) is 0. The number of nitrogens with zero attached hydrogens (tertiary/aromatic N) is 4. The monoisotopic (exact) mass is 379 g/mol. The minimum atomic E-state index is -0.485. The summed E-state index contributed by atoms with van der Waals surface area (Å²) in [5, 5.41) is 3.13. The molecule has 0 aliphatic carbocycles. The van der Waals surface area contributed by atoms with Crippen molar-refractivity contribution < 1.29 is 14.3 Å². The quantitative estimate of drug-likeness (QED) is 0.644. The average molecular weight is 379 g/mol. The van der Waals surface area contributed by atoms with Crippen LogP contribution in [0.2, 0.25) is 0 Å². The van der Waals surface area contributed by atoms with Crippen LogP contribution in [0, 0.1) is 20.8 Å². The van der Waals surface area contributed by atoms with Crippen molar-refractivity contribution >= 4 is 17.5 Å². The Kier molecular flexibility index (Phi) is 5.78. The van der Waals surface area contributed by atoms with E-state index in [1.165, 1.54) is 6.20 Å². The Balaban J connectivity index is 1.85. The first-order chi connectivity index (χ1) is 13.4. The molecule has 0 aliphatic heterocycles. The largest absolute Gasteiger partial charge is 0.462 e. The van der Waals surface area contributed by atoms with Crippen molar-refractivity contribution in [1.82, 2.24) is 19.9 Å². The van der Waals surface area contributed by atoms with Crippen molar-refractivity contribution in [3.63, 3.8) is 0 Å². The molecule has 0 saturated carbocycles. The number of esters is 1. The Bertz CT molecular complexity index is 987. The molecule has 8 nitrogen and oxygen atoms in total. The van der Waals surface area contributed by atoms with Gasteiger partial charge in [-0.2, -0.15) is 0 Å². The summed E-state index contributed by atoms with van der Waals surface area (Å²) in [5.41, 5.74) is 2.60. The van der Waals surface area contributed by atoms with Crippen LogP contribution in [0.1, 0.15) is 34.5 Å². The summed E-state index contributed by atoms with van der Waals surface area (Å²) >= 11 is 0. The van der Waals surface area contributed by atoms with Gasteiger partial charge in [-0.3, -0.25) is 0 Å². The zero-order chi connectivity index (χ0) is 20.1. The third kappa shape index (κ3) is 4.79. The maximum absolute atomic E-state index is 12.2. The van der Waals surface area contributed by atoms with Gasteiger partial charge in [0, 0.05) is 29.3 Å². The predicted molar refractivity (Wildman–Crippen MR) is 104 cm³/mol. The van der Waals surface area contributed by atoms with Crippen LogP contribution in [0.25, 0.3) is 0 Å². The number of aromatic nitrogens is 4. The van der Waals surface area contributed by atoms with Gasteiger partial charge < -0.3 is 14.8 Å². The van der Waals surface area contributed by atoms with Crippen LogP contribution in [-0.4, -0.2) is 32.5 Å². The lowest BCUT2D eigenvalue weighted by molar-refractivity contribution is 0.0526. The standard InChI is InChI=1S/C20H21N5O3/c1-5-27-19(26)17-11-21-14(4)24-18(17)25-15-7-6-8-16(10-15)28-20-22-12(2)9-13(3)23-20/h6-11H,5H2,1-4H3,(H,21,24,25). The van der Waals surface area contributed by atoms with Crippen molar-refractivity contribution in [3.05, 3.63) is 59.3 Å². The van der Waals surface area contributed by atoms with E-state index < -0.39 is 5.97 Å². The fourth-order valence-electron chi connectivity index (χ4n) is 2.54. The van der Waals surface area contributed by atoms with E-state index in [2.05, 4.69) is 25.3 Å². The molecular formula is C20H21N5O3. The normalized spacial score (nSPS) is 10.4. The molecule has 3 aromatic rings. The fraction of sp³-hybridized carbons (Fsp3) is 0.250. The second kappa shape index (κ2) is 8.43. The lowest BCUT2D eigenvalue weighted by Crippen LogP contribution is -2.11. The highest BCUT2D eigenvalue weighted by atomic mass is 16.5. The van der Waals surface area contributed by atoms with Gasteiger partial charge in [0.05, 0.1) is 6.61 Å². The zero-order valence-electron chi connectivity index (χ0n) is 16.2. The molecule has 8 heteroatoms. The third-order valence-electron chi connectivity index (χ3n) is 3.67. The first-order valence-electron chi connectivity index (χ1n) is 8.82. The van der Waals surface area contributed by atoms with E-state index in [0.717, 1.165) is 11.4 Å². The smallest absolute Gasteiger partial charge is 0.343 e. The van der Waals surface area contributed by atoms with Crippen LogP contribution in [-0.2, 0) is 4.74 Å². The van der Waals surface area contributed by atoms with Crippen molar-refractivity contribution in [2.24, 2.45) is 0 Å². The Hall–Kier alpha value is -3.55. The molecule has 144 valence electrons. The Morgan fingerprint density at radius 2 is 1.82 bits per heavy atom. The van der Waals surface area contributed by atoms with Gasteiger partial charge in [0.15, 0.2) is 0 Å². The van der Waals surface area contributed by atoms with E-state index in [4.69, 9.17) is 9.47 Å². The summed E-state index contributed by atoms with van der Waals surface area (Å²) in [6.07, 6.45) is 1.45. The molecule has 0 spiro atoms. The first-order valence-corrected chi connectivity index (χ1v) is 8.82. The second-order valence-electron chi connectivity index (χ2n) is 6.09. The van der Waals surface area contributed by atoms with Crippen molar-refractivity contribution in [3.8, 4) is 11.8 Å². The van der Waals surface area contributed by atoms with Crippen LogP contribution in [0.5, 0.6) is 11.8 Å². The van der Waals surface area contributed by atoms with Gasteiger partial charge in [0.1, 0.15) is 23.0 Å². The van der Waals surface area contributed by atoms with Gasteiger partial charge in [0.2, 0.25) is 0 Å². The third-order valence-corrected chi connectivity index (χ3v) is 3.67. The van der Waals surface area contributed by atoms with Gasteiger partial charge in [-0.25, -0.2) is 24.7 Å². The Labute approximate surface area is 163 Å². The number of carbonyl (C=O) groups is 1. The Morgan fingerprint density at radius 3 is 2.54 bits per heavy atom. The molecular weight excluding hydrogens is 358 g/mol. The molecule has 0 atom stereocenters. The van der Waals surface area contributed by atoms with Gasteiger partial charge in [-0.05, 0) is 45.9 Å². The molecule has 0 fully saturated rings. The predicted octanol–water partition coefficient (Wildman–Crippen LogP) is 3.90. The van der Waals surface area contributed by atoms with Gasteiger partial charge >= 0.3 is 12.0 Å². The summed E-state index contributed by atoms with van der Waals surface area (Å²) in [6.45, 7) is 7.53. The molecule has 1 N–H and O–H groups in total. The lowest BCUT2D eigenvalue weighted by atomic mass is 10.2. The summed E-state index contributed by atoms with van der Waals surface area (Å²) in [4.78, 5) is 29.1. The maximum atomic E-state index is 12.2. The van der Waals surface area contributed by atoms with E-state index in [-0.39, 0.29) is 18.2 Å². The number of hydrogen-bond donors (Lipinski definition) is 1. The molecule has 2 heterocycles. The van der Waals surface area contributed by atoms with Gasteiger partial charge in [-0.15, -0.1) is 0 Å². The highest BCUT2D eigenvalue weighted by molar-refractivity contribution is 5.95. The van der Waals surface area contributed by atoms with Crippen LogP contribution in [0.15, 0.2) is 36.5 Å². The van der Waals surface area contributed by atoms with E-state index in [1.807, 2.05) is 32.0 Å². The van der Waals surface area contributed by atoms with Crippen molar-refractivity contribution in [2.45, 2.75) is 27.7 Å². The van der Waals surface area contributed by atoms with Crippen molar-refractivity contribution in [1.29, 1.82) is 0 Å². The number of hydrogen-bond acceptors (Lipinski definition) is 8. The van der Waals surface area contributed by atoms with Crippen LogP contribution < -0.4 is 10.1 Å². The Morgan fingerprint density at radius 1 is 1.07 bits per heavy atom. The fourth-order valence-corrected chi connectivity index (χ4v) is 2.54. The number of aryl methyl sites for hydroxylation is 3. The molecule has 0 unspecified atom stereocenters. The summed E-state index contributed by atoms with van der Waals surface area (Å²) < 4.78 is 10.8. The van der Waals surface area contributed by atoms with Crippen LogP contribution in [0.4, 0.5) is 11.5 Å². The molecule has 28 heavy (non-hydrogen) atoms. The maximum Gasteiger partial charge on any atom is 0.343 e. The minimum absolute atomic E-state index is 0.261. The number of rotatable bonds is 6. The topological polar surface area (TPSA) is 99.1 Å². The van der Waals surface area contributed by atoms with Gasteiger partial charge in [0.25, 0.3) is 0 Å². The molecule has 1 aromatic carbocycles. The molecule has 3 rings (SSSR count). The number of nitrogens with one attached hydrogen (secondary N) is 1. The van der Waals surface area contributed by atoms with Crippen LogP contribution in [0.3, 0.4) is 0 Å². The van der Waals surface area contributed by atoms with E-state index in [0.29, 0.717) is 23.1 Å². The van der Waals surface area contributed by atoms with Crippen LogP contribution >= 0.6 is 0 Å². The molecule has 0 aliphatic rings. The lowest BCUT2D eigenvalue weighted by Gasteiger charge is -2.12. The summed E-state index contributed by atoms with van der Waals surface area (Å²) in [6, 6.07) is 9.37. The average Bonchev–Trinajstić information content (AvgIpc) is 2.61. The second-order valence-corrected chi connectivity index (χ2v) is 6.09. The van der Waals surface area contributed by atoms with Gasteiger partial charge in [-0.1, -0.05) is 6.07 Å². The summed E-state index contributed by atoms with van der Waals surface area (Å²) in [5.74, 6) is 0.969. The number of benzene rings is 1. The molecule has 2 aromatic heterocycles. The highest BCUT2D eigenvalue weighted by Gasteiger charge is 2.15. The molecule has 0 amide bonds. The highest BCUT2D eigenvalue weighted by Crippen LogP contribution is 2.25. The number of ether oxygens (including phenoxy) is 2. The van der Waals surface area contributed by atoms with E-state index >= 15 is 0 Å². The SMILES string of the molecule is CCOC(=O)c1cnc(C)nc1Nc1cccc(Oc2nc(C)cc(C)n2)c1. The van der Waals surface area contributed by atoms with E-state index in [9.17, 15) is 4.79 Å². The van der Waals surface area contributed by atoms with Crippen molar-refractivity contribution in [2.75, 3.05) is 11.9 Å². The minimum Gasteiger partial charge on any atom is -0.462 e.